The minimum Gasteiger partial charge on any atom is -0.316 e. The lowest BCUT2D eigenvalue weighted by molar-refractivity contribution is 0.0895. The van der Waals surface area contributed by atoms with Crippen molar-refractivity contribution < 1.29 is 0 Å². The highest BCUT2D eigenvalue weighted by atomic mass is 15.2. The van der Waals surface area contributed by atoms with Crippen LogP contribution in [0.2, 0.25) is 0 Å². The van der Waals surface area contributed by atoms with E-state index in [4.69, 9.17) is 0 Å². The summed E-state index contributed by atoms with van der Waals surface area (Å²) in [6.45, 7) is 12.9. The van der Waals surface area contributed by atoms with Gasteiger partial charge in [-0.15, -0.1) is 0 Å². The van der Waals surface area contributed by atoms with Crippen LogP contribution in [0.25, 0.3) is 0 Å². The average molecular weight is 198 g/mol. The van der Waals surface area contributed by atoms with Gasteiger partial charge in [0.25, 0.3) is 0 Å². The Hall–Kier alpha value is -0.0800. The molecule has 2 nitrogen and oxygen atoms in total. The summed E-state index contributed by atoms with van der Waals surface area (Å²) in [6.07, 6.45) is 2.59. The first-order chi connectivity index (χ1) is 6.66. The Morgan fingerprint density at radius 1 is 1.43 bits per heavy atom. The molecule has 1 fully saturated rings. The molecule has 1 aliphatic heterocycles. The van der Waals surface area contributed by atoms with Crippen LogP contribution in [0, 0.1) is 5.92 Å². The van der Waals surface area contributed by atoms with Gasteiger partial charge in [0.1, 0.15) is 0 Å². The molecular weight excluding hydrogens is 172 g/mol. The molecule has 0 bridgehead atoms. The molecule has 0 radical (unpaired) electrons. The standard InChI is InChI=1S/C12H26N2/c1-5-8-14(10(2)3)12-6-7-13-9-11(12)4/h10-13H,5-9H2,1-4H3. The second-order valence-corrected chi connectivity index (χ2v) is 4.87. The monoisotopic (exact) mass is 198 g/mol. The first-order valence-corrected chi connectivity index (χ1v) is 6.13. The number of nitrogens with one attached hydrogen (secondary N) is 1. The summed E-state index contributed by atoms with van der Waals surface area (Å²) < 4.78 is 0. The summed E-state index contributed by atoms with van der Waals surface area (Å²) in [5.41, 5.74) is 0. The Kier molecular flexibility index (Phi) is 4.90. The SMILES string of the molecule is CCCN(C(C)C)C1CCNCC1C. The van der Waals surface area contributed by atoms with Crippen molar-refractivity contribution in [2.75, 3.05) is 19.6 Å². The highest BCUT2D eigenvalue weighted by Crippen LogP contribution is 2.20. The van der Waals surface area contributed by atoms with E-state index in [1.54, 1.807) is 0 Å². The van der Waals surface area contributed by atoms with E-state index in [9.17, 15) is 0 Å². The first-order valence-electron chi connectivity index (χ1n) is 6.13. The van der Waals surface area contributed by atoms with E-state index in [1.165, 1.54) is 32.5 Å². The Labute approximate surface area is 89.1 Å². The van der Waals surface area contributed by atoms with Crippen LogP contribution in [0.4, 0.5) is 0 Å². The normalized spacial score (nSPS) is 28.7. The fourth-order valence-corrected chi connectivity index (χ4v) is 2.56. The van der Waals surface area contributed by atoms with E-state index in [2.05, 4.69) is 37.9 Å². The molecule has 14 heavy (non-hydrogen) atoms. The largest absolute Gasteiger partial charge is 0.316 e. The Morgan fingerprint density at radius 3 is 2.64 bits per heavy atom. The van der Waals surface area contributed by atoms with Crippen molar-refractivity contribution in [2.45, 2.75) is 52.6 Å². The van der Waals surface area contributed by atoms with E-state index >= 15 is 0 Å². The molecule has 0 spiro atoms. The summed E-state index contributed by atoms with van der Waals surface area (Å²) in [6, 6.07) is 1.50. The Morgan fingerprint density at radius 2 is 2.14 bits per heavy atom. The molecular formula is C12H26N2. The molecule has 1 N–H and O–H groups in total. The predicted molar refractivity (Wildman–Crippen MR) is 62.6 cm³/mol. The molecule has 0 aromatic heterocycles. The molecule has 0 aromatic rings. The van der Waals surface area contributed by atoms with Crippen molar-refractivity contribution in [3.8, 4) is 0 Å². The zero-order valence-electron chi connectivity index (χ0n) is 10.2. The summed E-state index contributed by atoms with van der Waals surface area (Å²) in [7, 11) is 0. The van der Waals surface area contributed by atoms with Gasteiger partial charge in [0.05, 0.1) is 0 Å². The minimum atomic E-state index is 0.695. The number of rotatable bonds is 4. The lowest BCUT2D eigenvalue weighted by Gasteiger charge is -2.41. The summed E-state index contributed by atoms with van der Waals surface area (Å²) in [5.74, 6) is 0.803. The summed E-state index contributed by atoms with van der Waals surface area (Å²) in [4.78, 5) is 2.69. The van der Waals surface area contributed by atoms with Gasteiger partial charge in [0.2, 0.25) is 0 Å². The van der Waals surface area contributed by atoms with E-state index in [1.807, 2.05) is 0 Å². The van der Waals surface area contributed by atoms with E-state index in [-0.39, 0.29) is 0 Å². The predicted octanol–water partition coefficient (Wildman–Crippen LogP) is 2.10. The highest BCUT2D eigenvalue weighted by Gasteiger charge is 2.27. The second-order valence-electron chi connectivity index (χ2n) is 4.87. The maximum Gasteiger partial charge on any atom is 0.0148 e. The minimum absolute atomic E-state index is 0.695. The van der Waals surface area contributed by atoms with Gasteiger partial charge in [-0.05, 0) is 52.2 Å². The fourth-order valence-electron chi connectivity index (χ4n) is 2.56. The highest BCUT2D eigenvalue weighted by molar-refractivity contribution is 4.84. The van der Waals surface area contributed by atoms with Gasteiger partial charge in [-0.3, -0.25) is 4.90 Å². The number of piperidine rings is 1. The van der Waals surface area contributed by atoms with Crippen LogP contribution >= 0.6 is 0 Å². The molecule has 2 heteroatoms. The molecule has 0 saturated carbocycles. The zero-order chi connectivity index (χ0) is 10.6. The molecule has 0 amide bonds. The molecule has 2 unspecified atom stereocenters. The van der Waals surface area contributed by atoms with Gasteiger partial charge in [-0.2, -0.15) is 0 Å². The van der Waals surface area contributed by atoms with Crippen LogP contribution in [-0.4, -0.2) is 36.6 Å². The number of nitrogens with zero attached hydrogens (tertiary/aromatic N) is 1. The van der Waals surface area contributed by atoms with Gasteiger partial charge in [-0.25, -0.2) is 0 Å². The van der Waals surface area contributed by atoms with E-state index in [0.29, 0.717) is 6.04 Å². The smallest absolute Gasteiger partial charge is 0.0148 e. The maximum absolute atomic E-state index is 3.47. The third-order valence-corrected chi connectivity index (χ3v) is 3.31. The summed E-state index contributed by atoms with van der Waals surface area (Å²) in [5, 5.41) is 3.47. The van der Waals surface area contributed by atoms with Crippen LogP contribution in [-0.2, 0) is 0 Å². The molecule has 0 aliphatic carbocycles. The number of hydrogen-bond donors (Lipinski definition) is 1. The Balaban J connectivity index is 2.55. The molecule has 2 atom stereocenters. The van der Waals surface area contributed by atoms with Crippen molar-refractivity contribution in [1.82, 2.24) is 10.2 Å². The van der Waals surface area contributed by atoms with Crippen LogP contribution in [0.5, 0.6) is 0 Å². The lowest BCUT2D eigenvalue weighted by atomic mass is 9.92. The van der Waals surface area contributed by atoms with Crippen molar-refractivity contribution in [3.05, 3.63) is 0 Å². The van der Waals surface area contributed by atoms with Crippen LogP contribution < -0.4 is 5.32 Å². The maximum atomic E-state index is 3.47. The molecule has 1 heterocycles. The van der Waals surface area contributed by atoms with Gasteiger partial charge >= 0.3 is 0 Å². The van der Waals surface area contributed by atoms with Crippen molar-refractivity contribution in [1.29, 1.82) is 0 Å². The van der Waals surface area contributed by atoms with E-state index < -0.39 is 0 Å². The summed E-state index contributed by atoms with van der Waals surface area (Å²) >= 11 is 0. The van der Waals surface area contributed by atoms with Crippen molar-refractivity contribution >= 4 is 0 Å². The van der Waals surface area contributed by atoms with Gasteiger partial charge in [0, 0.05) is 12.1 Å². The van der Waals surface area contributed by atoms with Gasteiger partial charge in [-0.1, -0.05) is 13.8 Å². The van der Waals surface area contributed by atoms with Crippen molar-refractivity contribution in [3.63, 3.8) is 0 Å². The van der Waals surface area contributed by atoms with Gasteiger partial charge < -0.3 is 5.32 Å². The third kappa shape index (κ3) is 2.96. The first kappa shape index (κ1) is 12.0. The molecule has 84 valence electrons. The lowest BCUT2D eigenvalue weighted by Crippen LogP contribution is -2.51. The topological polar surface area (TPSA) is 15.3 Å². The van der Waals surface area contributed by atoms with Crippen LogP contribution in [0.1, 0.15) is 40.5 Å². The average Bonchev–Trinajstić information content (AvgIpc) is 2.15. The third-order valence-electron chi connectivity index (χ3n) is 3.31. The van der Waals surface area contributed by atoms with Gasteiger partial charge in [0.15, 0.2) is 0 Å². The molecule has 0 aromatic carbocycles. The second kappa shape index (κ2) is 5.72. The fraction of sp³-hybridized carbons (Fsp3) is 1.00. The quantitative estimate of drug-likeness (QED) is 0.744. The molecule has 1 rings (SSSR count). The number of hydrogen-bond acceptors (Lipinski definition) is 2. The molecule has 1 aliphatic rings. The Bertz CT molecular complexity index is 154. The zero-order valence-corrected chi connectivity index (χ0v) is 10.2. The van der Waals surface area contributed by atoms with Crippen LogP contribution in [0.15, 0.2) is 0 Å². The molecule has 1 saturated heterocycles. The van der Waals surface area contributed by atoms with Crippen molar-refractivity contribution in [2.24, 2.45) is 5.92 Å². The van der Waals surface area contributed by atoms with E-state index in [0.717, 1.165) is 12.0 Å². The van der Waals surface area contributed by atoms with Crippen LogP contribution in [0.3, 0.4) is 0 Å².